The van der Waals surface area contributed by atoms with Gasteiger partial charge in [-0.15, -0.1) is 0 Å². The van der Waals surface area contributed by atoms with E-state index in [0.29, 0.717) is 17.6 Å². The normalized spacial score (nSPS) is 10.4. The van der Waals surface area contributed by atoms with E-state index in [9.17, 15) is 14.9 Å². The fourth-order valence-electron chi connectivity index (χ4n) is 1.77. The van der Waals surface area contributed by atoms with Crippen LogP contribution in [0.4, 0.5) is 5.69 Å². The van der Waals surface area contributed by atoms with E-state index in [1.807, 2.05) is 13.1 Å². The molecule has 21 heavy (non-hydrogen) atoms. The van der Waals surface area contributed by atoms with E-state index in [2.05, 4.69) is 26.3 Å². The predicted octanol–water partition coefficient (Wildman–Crippen LogP) is 2.29. The average Bonchev–Trinajstić information content (AvgIpc) is 2.84. The lowest BCUT2D eigenvalue weighted by atomic mass is 10.2. The van der Waals surface area contributed by atoms with Gasteiger partial charge in [-0.25, -0.2) is 0 Å². The van der Waals surface area contributed by atoms with Crippen LogP contribution in [0, 0.1) is 17.0 Å². The monoisotopic (exact) mass is 352 g/mol. The molecule has 0 saturated heterocycles. The molecule has 0 spiro atoms. The molecule has 2 aromatic rings. The van der Waals surface area contributed by atoms with Gasteiger partial charge < -0.3 is 5.32 Å². The summed E-state index contributed by atoms with van der Waals surface area (Å²) in [4.78, 5) is 22.2. The number of nitrogens with one attached hydrogen (secondary N) is 1. The Kier molecular flexibility index (Phi) is 4.69. The molecule has 1 aromatic heterocycles. The van der Waals surface area contributed by atoms with Gasteiger partial charge in [0.05, 0.1) is 23.2 Å². The summed E-state index contributed by atoms with van der Waals surface area (Å²) in [5.41, 5.74) is 1.16. The van der Waals surface area contributed by atoms with E-state index in [1.165, 1.54) is 18.2 Å². The van der Waals surface area contributed by atoms with E-state index in [-0.39, 0.29) is 17.2 Å². The largest absolute Gasteiger partial charge is 0.350 e. The highest BCUT2D eigenvalue weighted by Gasteiger charge is 2.15. The molecule has 0 radical (unpaired) electrons. The van der Waals surface area contributed by atoms with Gasteiger partial charge in [0, 0.05) is 29.3 Å². The zero-order chi connectivity index (χ0) is 15.4. The summed E-state index contributed by atoms with van der Waals surface area (Å²) in [5, 5.41) is 17.6. The van der Waals surface area contributed by atoms with Crippen molar-refractivity contribution in [2.45, 2.75) is 13.5 Å². The van der Waals surface area contributed by atoms with Gasteiger partial charge in [-0.2, -0.15) is 5.10 Å². The second-order valence-corrected chi connectivity index (χ2v) is 5.31. The van der Waals surface area contributed by atoms with Crippen molar-refractivity contribution in [3.8, 4) is 0 Å². The first-order chi connectivity index (χ1) is 9.97. The molecule has 0 saturated carbocycles. The summed E-state index contributed by atoms with van der Waals surface area (Å²) in [6.45, 7) is 2.85. The number of rotatable bonds is 5. The molecule has 1 amide bonds. The number of nitro benzene ring substituents is 1. The highest BCUT2D eigenvalue weighted by Crippen LogP contribution is 2.22. The Morgan fingerprint density at radius 3 is 2.90 bits per heavy atom. The summed E-state index contributed by atoms with van der Waals surface area (Å²) in [6.07, 6.45) is 3.61. The Morgan fingerprint density at radius 2 is 2.29 bits per heavy atom. The summed E-state index contributed by atoms with van der Waals surface area (Å²) >= 11 is 3.22. The molecule has 0 aliphatic carbocycles. The van der Waals surface area contributed by atoms with Crippen LogP contribution in [0.2, 0.25) is 0 Å². The number of amides is 1. The second kappa shape index (κ2) is 6.49. The topological polar surface area (TPSA) is 90.1 Å². The van der Waals surface area contributed by atoms with Gasteiger partial charge in [-0.1, -0.05) is 0 Å². The van der Waals surface area contributed by atoms with Crippen LogP contribution in [0.15, 0.2) is 35.1 Å². The molecule has 8 heteroatoms. The Labute approximate surface area is 129 Å². The first-order valence-corrected chi connectivity index (χ1v) is 6.98. The van der Waals surface area contributed by atoms with Crippen LogP contribution in [0.3, 0.4) is 0 Å². The molecule has 0 unspecified atom stereocenters. The summed E-state index contributed by atoms with van der Waals surface area (Å²) in [7, 11) is 0. The van der Waals surface area contributed by atoms with E-state index >= 15 is 0 Å². The molecule has 1 N–H and O–H groups in total. The van der Waals surface area contributed by atoms with Crippen molar-refractivity contribution in [2.75, 3.05) is 6.54 Å². The molecular weight excluding hydrogens is 340 g/mol. The van der Waals surface area contributed by atoms with Crippen LogP contribution < -0.4 is 5.32 Å². The van der Waals surface area contributed by atoms with E-state index in [4.69, 9.17) is 0 Å². The fourth-order valence-corrected chi connectivity index (χ4v) is 2.20. The lowest BCUT2D eigenvalue weighted by Gasteiger charge is -2.07. The molecular formula is C13H13BrN4O3. The van der Waals surface area contributed by atoms with Crippen molar-refractivity contribution in [3.05, 3.63) is 56.3 Å². The van der Waals surface area contributed by atoms with Gasteiger partial charge in [0.25, 0.3) is 11.6 Å². The van der Waals surface area contributed by atoms with Crippen molar-refractivity contribution in [1.82, 2.24) is 15.1 Å². The number of non-ortho nitro benzene ring substituents is 1. The lowest BCUT2D eigenvalue weighted by molar-refractivity contribution is -0.384. The number of nitrogens with zero attached hydrogens (tertiary/aromatic N) is 3. The third kappa shape index (κ3) is 3.88. The minimum Gasteiger partial charge on any atom is -0.350 e. The Morgan fingerprint density at radius 1 is 1.52 bits per heavy atom. The molecule has 1 heterocycles. The Hall–Kier alpha value is -2.22. The number of aromatic nitrogens is 2. The predicted molar refractivity (Wildman–Crippen MR) is 80.1 cm³/mol. The smallest absolute Gasteiger partial charge is 0.270 e. The number of hydrogen-bond acceptors (Lipinski definition) is 4. The third-order valence-corrected chi connectivity index (χ3v) is 3.49. The minimum atomic E-state index is -0.532. The summed E-state index contributed by atoms with van der Waals surface area (Å²) in [5.74, 6) is -0.366. The van der Waals surface area contributed by atoms with Crippen molar-refractivity contribution >= 4 is 27.5 Å². The fraction of sp³-hybridized carbons (Fsp3) is 0.231. The molecule has 7 nitrogen and oxygen atoms in total. The molecule has 0 bridgehead atoms. The third-order valence-electron chi connectivity index (χ3n) is 2.79. The molecule has 2 rings (SSSR count). The first-order valence-electron chi connectivity index (χ1n) is 6.18. The van der Waals surface area contributed by atoms with Gasteiger partial charge in [0.1, 0.15) is 0 Å². The van der Waals surface area contributed by atoms with Crippen LogP contribution in [0.25, 0.3) is 0 Å². The van der Waals surface area contributed by atoms with Crippen LogP contribution in [-0.2, 0) is 6.54 Å². The Balaban J connectivity index is 1.99. The van der Waals surface area contributed by atoms with Crippen molar-refractivity contribution in [2.24, 2.45) is 0 Å². The Bertz CT molecular complexity index is 684. The van der Waals surface area contributed by atoms with E-state index in [1.54, 1.807) is 10.9 Å². The van der Waals surface area contributed by atoms with Crippen LogP contribution in [-0.4, -0.2) is 27.2 Å². The summed E-state index contributed by atoms with van der Waals surface area (Å²) < 4.78 is 2.23. The van der Waals surface area contributed by atoms with Crippen molar-refractivity contribution in [3.63, 3.8) is 0 Å². The lowest BCUT2D eigenvalue weighted by Crippen LogP contribution is -2.27. The molecule has 0 fully saturated rings. The molecule has 110 valence electrons. The maximum absolute atomic E-state index is 12.0. The van der Waals surface area contributed by atoms with Crippen molar-refractivity contribution in [1.29, 1.82) is 0 Å². The quantitative estimate of drug-likeness (QED) is 0.660. The van der Waals surface area contributed by atoms with Gasteiger partial charge in [-0.05, 0) is 34.5 Å². The highest BCUT2D eigenvalue weighted by molar-refractivity contribution is 9.10. The van der Waals surface area contributed by atoms with Gasteiger partial charge in [0.2, 0.25) is 0 Å². The number of benzene rings is 1. The zero-order valence-electron chi connectivity index (χ0n) is 11.2. The number of aryl methyl sites for hydroxylation is 1. The zero-order valence-corrected chi connectivity index (χ0v) is 12.8. The van der Waals surface area contributed by atoms with Gasteiger partial charge in [0.15, 0.2) is 0 Å². The molecule has 1 aromatic carbocycles. The standard InChI is InChI=1S/C13H13BrN4O3/c1-9-7-16-17(8-9)5-4-15-13(19)11-6-10(18(20)21)2-3-12(11)14/h2-3,6-8H,4-5H2,1H3,(H,15,19). The van der Waals surface area contributed by atoms with Crippen LogP contribution >= 0.6 is 15.9 Å². The van der Waals surface area contributed by atoms with Gasteiger partial charge in [-0.3, -0.25) is 19.6 Å². The van der Waals surface area contributed by atoms with E-state index < -0.39 is 4.92 Å². The van der Waals surface area contributed by atoms with Crippen LogP contribution in [0.5, 0.6) is 0 Å². The number of carbonyl (C=O) groups is 1. The van der Waals surface area contributed by atoms with Crippen LogP contribution in [0.1, 0.15) is 15.9 Å². The minimum absolute atomic E-state index is 0.119. The maximum atomic E-state index is 12.0. The maximum Gasteiger partial charge on any atom is 0.270 e. The highest BCUT2D eigenvalue weighted by atomic mass is 79.9. The first kappa shape index (κ1) is 15.2. The molecule has 0 atom stereocenters. The van der Waals surface area contributed by atoms with Gasteiger partial charge >= 0.3 is 0 Å². The number of halogens is 1. The number of hydrogen-bond donors (Lipinski definition) is 1. The average molecular weight is 353 g/mol. The SMILES string of the molecule is Cc1cnn(CCNC(=O)c2cc([N+](=O)[O-])ccc2Br)c1. The molecule has 0 aliphatic heterocycles. The number of carbonyl (C=O) groups excluding carboxylic acids is 1. The molecule has 0 aliphatic rings. The van der Waals surface area contributed by atoms with Crippen molar-refractivity contribution < 1.29 is 9.72 Å². The summed E-state index contributed by atoms with van der Waals surface area (Å²) in [6, 6.07) is 4.08. The second-order valence-electron chi connectivity index (χ2n) is 4.46. The van der Waals surface area contributed by atoms with E-state index in [0.717, 1.165) is 5.56 Å². The number of nitro groups is 1.